The van der Waals surface area contributed by atoms with Crippen molar-refractivity contribution in [2.75, 3.05) is 47.2 Å². The molecule has 0 aromatic carbocycles. The number of hydrogen-bond acceptors (Lipinski definition) is 6. The number of aromatic amines is 1. The van der Waals surface area contributed by atoms with Crippen LogP contribution >= 0.6 is 0 Å². The van der Waals surface area contributed by atoms with Crippen molar-refractivity contribution in [3.8, 4) is 0 Å². The van der Waals surface area contributed by atoms with Crippen LogP contribution in [0.15, 0.2) is 34.4 Å². The first kappa shape index (κ1) is 17.2. The van der Waals surface area contributed by atoms with Gasteiger partial charge in [-0.2, -0.15) is 0 Å². The number of hydrogen-bond donors (Lipinski definition) is 1. The average molecular weight is 343 g/mol. The summed E-state index contributed by atoms with van der Waals surface area (Å²) in [4.78, 5) is 30.8. The first-order chi connectivity index (χ1) is 12.2. The van der Waals surface area contributed by atoms with Gasteiger partial charge in [-0.3, -0.25) is 14.8 Å². The first-order valence-electron chi connectivity index (χ1n) is 8.05. The van der Waals surface area contributed by atoms with Gasteiger partial charge in [-0.25, -0.2) is 4.98 Å². The van der Waals surface area contributed by atoms with E-state index < -0.39 is 0 Å². The van der Waals surface area contributed by atoms with E-state index in [1.165, 1.54) is 0 Å². The summed E-state index contributed by atoms with van der Waals surface area (Å²) < 4.78 is 10.1. The Morgan fingerprint density at radius 3 is 2.96 bits per heavy atom. The topological polar surface area (TPSA) is 92.2 Å². The Kier molecular flexibility index (Phi) is 5.52. The lowest BCUT2D eigenvalue weighted by atomic mass is 10.1. The number of carbonyl (C=O) groups excluding carboxylic acids is 1. The molecule has 0 saturated heterocycles. The van der Waals surface area contributed by atoms with Gasteiger partial charge in [0.25, 0.3) is 5.91 Å². The molecule has 0 spiro atoms. The lowest BCUT2D eigenvalue weighted by Crippen LogP contribution is -2.36. The van der Waals surface area contributed by atoms with Gasteiger partial charge in [0.15, 0.2) is 5.71 Å². The van der Waals surface area contributed by atoms with Crippen LogP contribution in [-0.2, 0) is 14.3 Å². The minimum absolute atomic E-state index is 0.139. The summed E-state index contributed by atoms with van der Waals surface area (Å²) in [6.07, 6.45) is 1.72. The highest BCUT2D eigenvalue weighted by Gasteiger charge is 2.30. The van der Waals surface area contributed by atoms with E-state index in [9.17, 15) is 4.79 Å². The number of rotatable bonds is 8. The molecule has 8 nitrogen and oxygen atoms in total. The van der Waals surface area contributed by atoms with Crippen LogP contribution in [0.1, 0.15) is 5.69 Å². The highest BCUT2D eigenvalue weighted by Crippen LogP contribution is 2.16. The molecular formula is C17H21N5O3. The van der Waals surface area contributed by atoms with Gasteiger partial charge in [-0.15, -0.1) is 0 Å². The third-order valence-corrected chi connectivity index (χ3v) is 3.89. The van der Waals surface area contributed by atoms with Gasteiger partial charge in [0.1, 0.15) is 18.0 Å². The second-order valence-electron chi connectivity index (χ2n) is 5.56. The number of nitrogens with zero attached hydrogens (tertiary/aromatic N) is 4. The number of pyridine rings is 1. The fraction of sp³-hybridized carbons (Fsp3) is 0.412. The molecule has 1 aliphatic heterocycles. The van der Waals surface area contributed by atoms with Gasteiger partial charge in [0, 0.05) is 32.3 Å². The Bertz CT molecular complexity index is 778. The number of nitrogens with one attached hydrogen (secondary N) is 1. The summed E-state index contributed by atoms with van der Waals surface area (Å²) >= 11 is 0. The molecule has 0 fully saturated rings. The molecule has 2 aromatic rings. The Labute approximate surface area is 145 Å². The molecule has 3 heterocycles. The minimum atomic E-state index is -0.139. The smallest absolute Gasteiger partial charge is 0.275 e. The Morgan fingerprint density at radius 1 is 1.36 bits per heavy atom. The van der Waals surface area contributed by atoms with E-state index in [4.69, 9.17) is 9.47 Å². The maximum absolute atomic E-state index is 12.7. The second-order valence-corrected chi connectivity index (χ2v) is 5.56. The molecule has 0 aliphatic carbocycles. The standard InChI is InChI=1S/C17H21N5O3/c1-24-8-6-18-14(13-10-12-4-3-5-19-16(12)21-13)15-17(23)22(11-20-15)7-9-25-2/h3-5,10H,6-9,11H2,1-2H3,(H,19,21). The summed E-state index contributed by atoms with van der Waals surface area (Å²) in [6, 6.07) is 5.76. The van der Waals surface area contributed by atoms with Crippen molar-refractivity contribution in [2.24, 2.45) is 9.98 Å². The monoisotopic (exact) mass is 343 g/mol. The van der Waals surface area contributed by atoms with Gasteiger partial charge in [0.05, 0.1) is 25.5 Å². The lowest BCUT2D eigenvalue weighted by molar-refractivity contribution is -0.123. The zero-order valence-electron chi connectivity index (χ0n) is 14.4. The van der Waals surface area contributed by atoms with Crippen LogP contribution in [0.3, 0.4) is 0 Å². The summed E-state index contributed by atoms with van der Waals surface area (Å²) in [6.45, 7) is 2.21. The molecule has 8 heteroatoms. The van der Waals surface area contributed by atoms with Gasteiger partial charge in [0.2, 0.25) is 0 Å². The van der Waals surface area contributed by atoms with Crippen molar-refractivity contribution < 1.29 is 14.3 Å². The highest BCUT2D eigenvalue weighted by atomic mass is 16.5. The maximum atomic E-state index is 12.7. The van der Waals surface area contributed by atoms with Crippen LogP contribution in [0.2, 0.25) is 0 Å². The van der Waals surface area contributed by atoms with Gasteiger partial charge < -0.3 is 19.4 Å². The molecule has 0 bridgehead atoms. The predicted molar refractivity (Wildman–Crippen MR) is 95.3 cm³/mol. The van der Waals surface area contributed by atoms with Crippen molar-refractivity contribution in [3.63, 3.8) is 0 Å². The molecule has 0 unspecified atom stereocenters. The normalized spacial score (nSPS) is 15.3. The van der Waals surface area contributed by atoms with Crippen LogP contribution in [0.25, 0.3) is 11.0 Å². The summed E-state index contributed by atoms with van der Waals surface area (Å²) in [5.41, 5.74) is 2.38. The second kappa shape index (κ2) is 8.00. The minimum Gasteiger partial charge on any atom is -0.383 e. The van der Waals surface area contributed by atoms with Crippen molar-refractivity contribution in [2.45, 2.75) is 0 Å². The largest absolute Gasteiger partial charge is 0.383 e. The van der Waals surface area contributed by atoms with Crippen molar-refractivity contribution in [1.29, 1.82) is 0 Å². The van der Waals surface area contributed by atoms with E-state index in [1.807, 2.05) is 18.2 Å². The molecule has 2 aromatic heterocycles. The van der Waals surface area contributed by atoms with E-state index >= 15 is 0 Å². The van der Waals surface area contributed by atoms with Gasteiger partial charge in [-0.05, 0) is 18.2 Å². The van der Waals surface area contributed by atoms with Gasteiger partial charge in [-0.1, -0.05) is 0 Å². The first-order valence-corrected chi connectivity index (χ1v) is 8.05. The fourth-order valence-electron chi connectivity index (χ4n) is 2.61. The van der Waals surface area contributed by atoms with Crippen molar-refractivity contribution in [3.05, 3.63) is 30.1 Å². The molecule has 1 amide bonds. The van der Waals surface area contributed by atoms with Crippen LogP contribution in [0.5, 0.6) is 0 Å². The summed E-state index contributed by atoms with van der Waals surface area (Å²) in [5.74, 6) is -0.139. The fourth-order valence-corrected chi connectivity index (χ4v) is 2.61. The van der Waals surface area contributed by atoms with E-state index in [0.717, 1.165) is 16.7 Å². The van der Waals surface area contributed by atoms with E-state index in [0.29, 0.717) is 44.4 Å². The van der Waals surface area contributed by atoms with Gasteiger partial charge >= 0.3 is 0 Å². The molecular weight excluding hydrogens is 322 g/mol. The number of aromatic nitrogens is 2. The number of ether oxygens (including phenoxy) is 2. The molecule has 1 aliphatic rings. The average Bonchev–Trinajstić information content (AvgIpc) is 3.21. The molecule has 25 heavy (non-hydrogen) atoms. The van der Waals surface area contributed by atoms with Crippen LogP contribution in [0.4, 0.5) is 0 Å². The zero-order chi connectivity index (χ0) is 17.6. The lowest BCUT2D eigenvalue weighted by Gasteiger charge is -2.14. The molecule has 132 valence electrons. The molecule has 0 radical (unpaired) electrons. The molecule has 0 atom stereocenters. The van der Waals surface area contributed by atoms with E-state index in [1.54, 1.807) is 25.3 Å². The summed E-state index contributed by atoms with van der Waals surface area (Å²) in [5, 5.41) is 0.958. The van der Waals surface area contributed by atoms with E-state index in [-0.39, 0.29) is 5.91 Å². The van der Waals surface area contributed by atoms with E-state index in [2.05, 4.69) is 20.0 Å². The number of carbonyl (C=O) groups is 1. The Hall–Kier alpha value is -2.58. The quantitative estimate of drug-likeness (QED) is 0.569. The SMILES string of the molecule is COCCN=C(C1=NCN(CCOC)C1=O)c1cc2cccnc2[nH]1. The number of H-pyrrole nitrogens is 1. The summed E-state index contributed by atoms with van der Waals surface area (Å²) in [7, 11) is 3.23. The molecule has 3 rings (SSSR count). The van der Waals surface area contributed by atoms with Crippen molar-refractivity contribution >= 4 is 28.4 Å². The third kappa shape index (κ3) is 3.75. The number of fused-ring (bicyclic) bond motifs is 1. The zero-order valence-corrected chi connectivity index (χ0v) is 14.4. The van der Waals surface area contributed by atoms with Crippen LogP contribution < -0.4 is 0 Å². The molecule has 1 N–H and O–H groups in total. The van der Waals surface area contributed by atoms with Crippen molar-refractivity contribution in [1.82, 2.24) is 14.9 Å². The third-order valence-electron chi connectivity index (χ3n) is 3.89. The Morgan fingerprint density at radius 2 is 2.20 bits per heavy atom. The molecule has 0 saturated carbocycles. The Balaban J connectivity index is 1.90. The van der Waals surface area contributed by atoms with Crippen LogP contribution in [0, 0.1) is 0 Å². The predicted octanol–water partition coefficient (Wildman–Crippen LogP) is 0.885. The number of aliphatic imine (C=N–C) groups is 2. The maximum Gasteiger partial charge on any atom is 0.275 e. The van der Waals surface area contributed by atoms with Crippen LogP contribution in [-0.4, -0.2) is 79.4 Å². The number of methoxy groups -OCH3 is 2. The number of amides is 1. The highest BCUT2D eigenvalue weighted by molar-refractivity contribution is 6.70.